The fourth-order valence-electron chi connectivity index (χ4n) is 2.22. The SMILES string of the molecule is CCOc1cc(/C=C/C(=O)Nc2cc(F)ccc2C)cc(Cl)c1OC. The third-order valence-electron chi connectivity index (χ3n) is 3.42. The van der Waals surface area contributed by atoms with E-state index < -0.39 is 5.82 Å². The van der Waals surface area contributed by atoms with Crippen LogP contribution in [0.15, 0.2) is 36.4 Å². The van der Waals surface area contributed by atoms with E-state index in [9.17, 15) is 9.18 Å². The predicted molar refractivity (Wildman–Crippen MR) is 98.0 cm³/mol. The number of benzene rings is 2. The molecular weight excluding hydrogens is 345 g/mol. The highest BCUT2D eigenvalue weighted by atomic mass is 35.5. The number of carbonyl (C=O) groups is 1. The Hall–Kier alpha value is -2.53. The van der Waals surface area contributed by atoms with Gasteiger partial charge in [-0.05, 0) is 55.3 Å². The van der Waals surface area contributed by atoms with Gasteiger partial charge in [0, 0.05) is 11.8 Å². The summed E-state index contributed by atoms with van der Waals surface area (Å²) in [6.07, 6.45) is 2.94. The molecule has 0 saturated heterocycles. The van der Waals surface area contributed by atoms with E-state index in [1.165, 1.54) is 25.3 Å². The van der Waals surface area contributed by atoms with Gasteiger partial charge in [0.2, 0.25) is 5.91 Å². The molecule has 2 aromatic rings. The Morgan fingerprint density at radius 1 is 1.32 bits per heavy atom. The number of amides is 1. The summed E-state index contributed by atoms with van der Waals surface area (Å²) < 4.78 is 24.0. The Balaban J connectivity index is 2.18. The summed E-state index contributed by atoms with van der Waals surface area (Å²) >= 11 is 6.17. The molecule has 0 atom stereocenters. The maximum atomic E-state index is 13.3. The molecule has 1 N–H and O–H groups in total. The number of anilines is 1. The number of hydrogen-bond donors (Lipinski definition) is 1. The van der Waals surface area contributed by atoms with Gasteiger partial charge in [-0.2, -0.15) is 0 Å². The highest BCUT2D eigenvalue weighted by molar-refractivity contribution is 6.32. The molecule has 6 heteroatoms. The minimum Gasteiger partial charge on any atom is -0.491 e. The molecule has 0 heterocycles. The van der Waals surface area contributed by atoms with E-state index in [1.54, 1.807) is 31.2 Å². The average molecular weight is 364 g/mol. The highest BCUT2D eigenvalue weighted by Gasteiger charge is 2.10. The van der Waals surface area contributed by atoms with Crippen molar-refractivity contribution in [1.29, 1.82) is 0 Å². The van der Waals surface area contributed by atoms with Gasteiger partial charge in [-0.1, -0.05) is 17.7 Å². The van der Waals surface area contributed by atoms with Gasteiger partial charge in [0.15, 0.2) is 11.5 Å². The van der Waals surface area contributed by atoms with Crippen LogP contribution in [0, 0.1) is 12.7 Å². The summed E-state index contributed by atoms with van der Waals surface area (Å²) in [6, 6.07) is 7.62. The predicted octanol–water partition coefficient (Wildman–Crippen LogP) is 4.85. The summed E-state index contributed by atoms with van der Waals surface area (Å²) in [5.41, 5.74) is 1.88. The summed E-state index contributed by atoms with van der Waals surface area (Å²) in [6.45, 7) is 4.10. The van der Waals surface area contributed by atoms with Gasteiger partial charge in [-0.15, -0.1) is 0 Å². The van der Waals surface area contributed by atoms with Crippen LogP contribution in [0.25, 0.3) is 6.08 Å². The second-order valence-electron chi connectivity index (χ2n) is 5.25. The van der Waals surface area contributed by atoms with E-state index in [-0.39, 0.29) is 5.91 Å². The maximum absolute atomic E-state index is 13.3. The van der Waals surface area contributed by atoms with Crippen LogP contribution in [0.1, 0.15) is 18.1 Å². The zero-order valence-corrected chi connectivity index (χ0v) is 15.0. The molecule has 1 amide bonds. The van der Waals surface area contributed by atoms with Crippen molar-refractivity contribution in [1.82, 2.24) is 0 Å². The van der Waals surface area contributed by atoms with Crippen molar-refractivity contribution in [3.63, 3.8) is 0 Å². The summed E-state index contributed by atoms with van der Waals surface area (Å²) in [7, 11) is 1.51. The van der Waals surface area contributed by atoms with E-state index in [0.717, 1.165) is 5.56 Å². The molecule has 0 aliphatic heterocycles. The topological polar surface area (TPSA) is 47.6 Å². The normalized spacial score (nSPS) is 10.8. The maximum Gasteiger partial charge on any atom is 0.248 e. The summed E-state index contributed by atoms with van der Waals surface area (Å²) in [5.74, 6) is 0.158. The molecule has 0 aliphatic rings. The fraction of sp³-hybridized carbons (Fsp3) is 0.211. The van der Waals surface area contributed by atoms with Gasteiger partial charge >= 0.3 is 0 Å². The largest absolute Gasteiger partial charge is 0.491 e. The molecule has 0 aliphatic carbocycles. The van der Waals surface area contributed by atoms with E-state index >= 15 is 0 Å². The quantitative estimate of drug-likeness (QED) is 0.746. The number of carbonyl (C=O) groups excluding carboxylic acids is 1. The smallest absolute Gasteiger partial charge is 0.248 e. The first-order chi connectivity index (χ1) is 11.9. The minimum absolute atomic E-state index is 0.376. The zero-order chi connectivity index (χ0) is 18.4. The van der Waals surface area contributed by atoms with Crippen LogP contribution < -0.4 is 14.8 Å². The van der Waals surface area contributed by atoms with Crippen LogP contribution in [-0.4, -0.2) is 19.6 Å². The van der Waals surface area contributed by atoms with Crippen molar-refractivity contribution in [3.05, 3.63) is 58.4 Å². The van der Waals surface area contributed by atoms with Crippen LogP contribution in [0.3, 0.4) is 0 Å². The molecule has 25 heavy (non-hydrogen) atoms. The van der Waals surface area contributed by atoms with Gasteiger partial charge in [0.05, 0.1) is 18.7 Å². The Kier molecular flexibility index (Phi) is 6.42. The Labute approximate surface area is 151 Å². The van der Waals surface area contributed by atoms with Crippen molar-refractivity contribution in [2.45, 2.75) is 13.8 Å². The number of hydrogen-bond acceptors (Lipinski definition) is 3. The first kappa shape index (κ1) is 18.8. The molecule has 0 bridgehead atoms. The Bertz CT molecular complexity index is 805. The van der Waals surface area contributed by atoms with Crippen molar-refractivity contribution < 1.29 is 18.7 Å². The monoisotopic (exact) mass is 363 g/mol. The molecule has 0 unspecified atom stereocenters. The van der Waals surface area contributed by atoms with Crippen molar-refractivity contribution in [3.8, 4) is 11.5 Å². The first-order valence-corrected chi connectivity index (χ1v) is 8.08. The number of ether oxygens (including phenoxy) is 2. The number of rotatable bonds is 6. The lowest BCUT2D eigenvalue weighted by Gasteiger charge is -2.11. The molecule has 0 spiro atoms. The van der Waals surface area contributed by atoms with Gasteiger partial charge in [0.25, 0.3) is 0 Å². The van der Waals surface area contributed by atoms with Crippen LogP contribution in [0.5, 0.6) is 11.5 Å². The van der Waals surface area contributed by atoms with E-state index in [4.69, 9.17) is 21.1 Å². The first-order valence-electron chi connectivity index (χ1n) is 7.70. The van der Waals surface area contributed by atoms with E-state index in [2.05, 4.69) is 5.32 Å². The van der Waals surface area contributed by atoms with E-state index in [0.29, 0.717) is 34.4 Å². The van der Waals surface area contributed by atoms with Crippen molar-refractivity contribution >= 4 is 29.3 Å². The molecule has 132 valence electrons. The lowest BCUT2D eigenvalue weighted by Crippen LogP contribution is -2.09. The summed E-state index contributed by atoms with van der Waals surface area (Å²) in [4.78, 5) is 12.1. The molecule has 0 radical (unpaired) electrons. The van der Waals surface area contributed by atoms with Crippen molar-refractivity contribution in [2.24, 2.45) is 0 Å². The Morgan fingerprint density at radius 2 is 2.08 bits per heavy atom. The number of methoxy groups -OCH3 is 1. The summed E-state index contributed by atoms with van der Waals surface area (Å²) in [5, 5.41) is 3.03. The molecule has 0 saturated carbocycles. The fourth-order valence-corrected chi connectivity index (χ4v) is 2.52. The molecular formula is C19H19ClFNO3. The molecule has 4 nitrogen and oxygen atoms in total. The van der Waals surface area contributed by atoms with E-state index in [1.807, 2.05) is 6.92 Å². The second-order valence-corrected chi connectivity index (χ2v) is 5.66. The molecule has 2 aromatic carbocycles. The molecule has 0 fully saturated rings. The number of nitrogens with one attached hydrogen (secondary N) is 1. The van der Waals surface area contributed by atoms with Gasteiger partial charge < -0.3 is 14.8 Å². The third kappa shape index (κ3) is 4.97. The molecule has 0 aromatic heterocycles. The minimum atomic E-state index is -0.409. The van der Waals surface area contributed by atoms with Gasteiger partial charge in [-0.3, -0.25) is 4.79 Å². The lowest BCUT2D eigenvalue weighted by molar-refractivity contribution is -0.111. The molecule has 2 rings (SSSR count). The highest BCUT2D eigenvalue weighted by Crippen LogP contribution is 2.36. The van der Waals surface area contributed by atoms with Gasteiger partial charge in [0.1, 0.15) is 5.82 Å². The second kappa shape index (κ2) is 8.53. The Morgan fingerprint density at radius 3 is 2.76 bits per heavy atom. The number of aryl methyl sites for hydroxylation is 1. The lowest BCUT2D eigenvalue weighted by atomic mass is 10.1. The van der Waals surface area contributed by atoms with Crippen LogP contribution in [0.4, 0.5) is 10.1 Å². The van der Waals surface area contributed by atoms with Crippen LogP contribution in [0.2, 0.25) is 5.02 Å². The van der Waals surface area contributed by atoms with Crippen LogP contribution in [-0.2, 0) is 4.79 Å². The van der Waals surface area contributed by atoms with Crippen molar-refractivity contribution in [2.75, 3.05) is 19.0 Å². The zero-order valence-electron chi connectivity index (χ0n) is 14.2. The van der Waals surface area contributed by atoms with Crippen LogP contribution >= 0.6 is 11.6 Å². The average Bonchev–Trinajstić information content (AvgIpc) is 2.56. The third-order valence-corrected chi connectivity index (χ3v) is 3.70. The number of halogens is 2. The van der Waals surface area contributed by atoms with Gasteiger partial charge in [-0.25, -0.2) is 4.39 Å². The standard InChI is InChI=1S/C19H19ClFNO3/c1-4-25-17-10-13(9-15(20)19(17)24-3)6-8-18(23)22-16-11-14(21)7-5-12(16)2/h5-11H,4H2,1-3H3,(H,22,23)/b8-6+.